The van der Waals surface area contributed by atoms with Gasteiger partial charge in [-0.25, -0.2) is 9.18 Å². The molecular formula is C22H23FN4O2S. The van der Waals surface area contributed by atoms with Crippen LogP contribution in [0, 0.1) is 5.82 Å². The van der Waals surface area contributed by atoms with Crippen LogP contribution in [0.2, 0.25) is 0 Å². The van der Waals surface area contributed by atoms with Crippen molar-refractivity contribution < 1.29 is 13.9 Å². The lowest BCUT2D eigenvalue weighted by Gasteiger charge is -2.31. The number of benzene rings is 2. The van der Waals surface area contributed by atoms with Gasteiger partial charge < -0.3 is 15.0 Å². The summed E-state index contributed by atoms with van der Waals surface area (Å²) in [7, 11) is 0. The third kappa shape index (κ3) is 4.43. The van der Waals surface area contributed by atoms with Crippen LogP contribution in [-0.4, -0.2) is 40.8 Å². The first kappa shape index (κ1) is 20.3. The topological polar surface area (TPSA) is 67.3 Å². The van der Waals surface area contributed by atoms with E-state index in [0.717, 1.165) is 17.8 Å². The molecule has 1 aliphatic heterocycles. The van der Waals surface area contributed by atoms with Crippen LogP contribution in [0.4, 0.5) is 14.9 Å². The summed E-state index contributed by atoms with van der Waals surface area (Å²) in [4.78, 5) is 14.6. The minimum Gasteiger partial charge on any atom is -0.492 e. The summed E-state index contributed by atoms with van der Waals surface area (Å²) in [5.74, 6) is 0.433. The average Bonchev–Trinajstić information content (AvgIpc) is 3.26. The minimum atomic E-state index is -0.308. The maximum Gasteiger partial charge on any atom is 0.321 e. The largest absolute Gasteiger partial charge is 0.492 e. The third-order valence-corrected chi connectivity index (χ3v) is 6.15. The molecule has 2 heterocycles. The number of hydrogen-bond donors (Lipinski definition) is 1. The molecule has 156 valence electrons. The standard InChI is InChI=1S/C22H23FN4O2S/c1-2-29-19-12-6-5-11-18(19)24-22(28)27-13-7-8-15(14-27)20-25-26-21(30-20)16-9-3-4-10-17(16)23/h3-6,9-12,15H,2,7-8,13-14H2,1H3,(H,24,28). The molecule has 0 saturated carbocycles. The van der Waals surface area contributed by atoms with Crippen LogP contribution in [0.5, 0.6) is 5.75 Å². The summed E-state index contributed by atoms with van der Waals surface area (Å²) in [5.41, 5.74) is 1.11. The zero-order valence-electron chi connectivity index (χ0n) is 16.7. The van der Waals surface area contributed by atoms with Crippen LogP contribution < -0.4 is 10.1 Å². The number of urea groups is 1. The quantitative estimate of drug-likeness (QED) is 0.612. The highest BCUT2D eigenvalue weighted by atomic mass is 32.1. The van der Waals surface area contributed by atoms with E-state index in [4.69, 9.17) is 4.74 Å². The zero-order valence-corrected chi connectivity index (χ0v) is 17.5. The number of likely N-dealkylation sites (tertiary alicyclic amines) is 1. The fraction of sp³-hybridized carbons (Fsp3) is 0.318. The van der Waals surface area contributed by atoms with Gasteiger partial charge in [0.25, 0.3) is 0 Å². The summed E-state index contributed by atoms with van der Waals surface area (Å²) in [6, 6.07) is 13.8. The number of ether oxygens (including phenoxy) is 1. The maximum atomic E-state index is 14.1. The number of aromatic nitrogens is 2. The molecule has 3 aromatic rings. The number of carbonyl (C=O) groups is 1. The van der Waals surface area contributed by atoms with Gasteiger partial charge in [0, 0.05) is 24.6 Å². The van der Waals surface area contributed by atoms with Gasteiger partial charge in [-0.1, -0.05) is 35.6 Å². The first-order valence-electron chi connectivity index (χ1n) is 10.0. The number of halogens is 1. The van der Waals surface area contributed by atoms with Crippen LogP contribution in [0.3, 0.4) is 0 Å². The fourth-order valence-electron chi connectivity index (χ4n) is 3.55. The van der Waals surface area contributed by atoms with E-state index < -0.39 is 0 Å². The molecule has 1 N–H and O–H groups in total. The Labute approximate surface area is 178 Å². The molecule has 30 heavy (non-hydrogen) atoms. The lowest BCUT2D eigenvalue weighted by atomic mass is 9.99. The van der Waals surface area contributed by atoms with E-state index in [1.165, 1.54) is 17.4 Å². The van der Waals surface area contributed by atoms with Crippen molar-refractivity contribution in [1.29, 1.82) is 0 Å². The monoisotopic (exact) mass is 426 g/mol. The minimum absolute atomic E-state index is 0.0876. The molecule has 2 aromatic carbocycles. The molecule has 0 bridgehead atoms. The molecule has 1 aliphatic rings. The molecule has 0 radical (unpaired) electrons. The molecule has 1 unspecified atom stereocenters. The van der Waals surface area contributed by atoms with Gasteiger partial charge in [-0.2, -0.15) is 0 Å². The number of anilines is 1. The zero-order chi connectivity index (χ0) is 20.9. The molecule has 2 amide bonds. The SMILES string of the molecule is CCOc1ccccc1NC(=O)N1CCCC(c2nnc(-c3ccccc3F)s2)C1. The van der Waals surface area contributed by atoms with Crippen molar-refractivity contribution >= 4 is 23.1 Å². The molecule has 1 fully saturated rings. The predicted octanol–water partition coefficient (Wildman–Crippen LogP) is 5.15. The molecule has 6 nitrogen and oxygen atoms in total. The number of amides is 2. The lowest BCUT2D eigenvalue weighted by Crippen LogP contribution is -2.41. The number of nitrogens with zero attached hydrogens (tertiary/aromatic N) is 3. The van der Waals surface area contributed by atoms with Crippen molar-refractivity contribution in [2.45, 2.75) is 25.7 Å². The first-order chi connectivity index (χ1) is 14.7. The smallest absolute Gasteiger partial charge is 0.321 e. The van der Waals surface area contributed by atoms with Gasteiger partial charge in [0.2, 0.25) is 0 Å². The molecule has 1 aromatic heterocycles. The molecule has 0 aliphatic carbocycles. The normalized spacial score (nSPS) is 16.3. The summed E-state index contributed by atoms with van der Waals surface area (Å²) in [6.45, 7) is 3.66. The van der Waals surface area contributed by atoms with Gasteiger partial charge in [0.1, 0.15) is 16.6 Å². The number of hydrogen-bond acceptors (Lipinski definition) is 5. The van der Waals surface area contributed by atoms with Gasteiger partial charge >= 0.3 is 6.03 Å². The Morgan fingerprint density at radius 2 is 2.03 bits per heavy atom. The Balaban J connectivity index is 1.45. The molecule has 0 spiro atoms. The molecular weight excluding hydrogens is 403 g/mol. The van der Waals surface area contributed by atoms with E-state index >= 15 is 0 Å². The van der Waals surface area contributed by atoms with E-state index in [1.807, 2.05) is 31.2 Å². The number of rotatable bonds is 5. The summed E-state index contributed by atoms with van der Waals surface area (Å²) in [5, 5.41) is 12.8. The van der Waals surface area contributed by atoms with Crippen molar-refractivity contribution in [2.24, 2.45) is 0 Å². The van der Waals surface area contributed by atoms with Crippen LogP contribution in [0.15, 0.2) is 48.5 Å². The van der Waals surface area contributed by atoms with E-state index in [2.05, 4.69) is 15.5 Å². The van der Waals surface area contributed by atoms with Crippen molar-refractivity contribution in [2.75, 3.05) is 25.0 Å². The van der Waals surface area contributed by atoms with Gasteiger partial charge in [0.05, 0.1) is 12.3 Å². The number of piperidine rings is 1. The molecule has 1 atom stereocenters. The Kier molecular flexibility index (Phi) is 6.23. The van der Waals surface area contributed by atoms with Crippen LogP contribution >= 0.6 is 11.3 Å². The second-order valence-corrected chi connectivity index (χ2v) is 8.08. The number of nitrogens with one attached hydrogen (secondary N) is 1. The first-order valence-corrected chi connectivity index (χ1v) is 10.8. The van der Waals surface area contributed by atoms with Crippen molar-refractivity contribution in [3.8, 4) is 16.3 Å². The Morgan fingerprint density at radius 1 is 1.23 bits per heavy atom. The molecule has 8 heteroatoms. The fourth-order valence-corrected chi connectivity index (χ4v) is 4.55. The lowest BCUT2D eigenvalue weighted by molar-refractivity contribution is 0.192. The van der Waals surface area contributed by atoms with Gasteiger partial charge in [0.15, 0.2) is 5.01 Å². The highest BCUT2D eigenvalue weighted by Crippen LogP contribution is 2.34. The van der Waals surface area contributed by atoms with Crippen LogP contribution in [-0.2, 0) is 0 Å². The number of carbonyl (C=O) groups excluding carboxylic acids is 1. The van der Waals surface area contributed by atoms with E-state index in [1.54, 1.807) is 23.1 Å². The van der Waals surface area contributed by atoms with Crippen LogP contribution in [0.1, 0.15) is 30.7 Å². The molecule has 1 saturated heterocycles. The van der Waals surface area contributed by atoms with Gasteiger partial charge in [-0.05, 0) is 44.0 Å². The summed E-state index contributed by atoms with van der Waals surface area (Å²) < 4.78 is 19.6. The van der Waals surface area contributed by atoms with E-state index in [9.17, 15) is 9.18 Å². The summed E-state index contributed by atoms with van der Waals surface area (Å²) in [6.07, 6.45) is 1.80. The summed E-state index contributed by atoms with van der Waals surface area (Å²) >= 11 is 1.39. The maximum absolute atomic E-state index is 14.1. The van der Waals surface area contributed by atoms with Crippen molar-refractivity contribution in [3.05, 3.63) is 59.4 Å². The third-order valence-electron chi connectivity index (χ3n) is 5.03. The second-order valence-electron chi connectivity index (χ2n) is 7.07. The highest BCUT2D eigenvalue weighted by molar-refractivity contribution is 7.14. The predicted molar refractivity (Wildman–Crippen MR) is 115 cm³/mol. The van der Waals surface area contributed by atoms with Crippen molar-refractivity contribution in [1.82, 2.24) is 15.1 Å². The Morgan fingerprint density at radius 3 is 2.87 bits per heavy atom. The van der Waals surface area contributed by atoms with Crippen molar-refractivity contribution in [3.63, 3.8) is 0 Å². The van der Waals surface area contributed by atoms with Gasteiger partial charge in [-0.15, -0.1) is 10.2 Å². The number of para-hydroxylation sites is 2. The average molecular weight is 427 g/mol. The van der Waals surface area contributed by atoms with Crippen LogP contribution in [0.25, 0.3) is 10.6 Å². The second kappa shape index (κ2) is 9.21. The van der Waals surface area contributed by atoms with E-state index in [-0.39, 0.29) is 17.8 Å². The van der Waals surface area contributed by atoms with E-state index in [0.29, 0.717) is 41.7 Å². The Bertz CT molecular complexity index is 1030. The Hall–Kier alpha value is -3.00. The van der Waals surface area contributed by atoms with Gasteiger partial charge in [-0.3, -0.25) is 0 Å². The molecule has 4 rings (SSSR count). The highest BCUT2D eigenvalue weighted by Gasteiger charge is 2.28.